The Morgan fingerprint density at radius 1 is 1.37 bits per heavy atom. The summed E-state index contributed by atoms with van der Waals surface area (Å²) in [7, 11) is 0. The van der Waals surface area contributed by atoms with Crippen molar-refractivity contribution in [1.29, 1.82) is 0 Å². The summed E-state index contributed by atoms with van der Waals surface area (Å²) in [5.74, 6) is 0.178. The lowest BCUT2D eigenvalue weighted by Gasteiger charge is -2.05. The third kappa shape index (κ3) is 3.89. The molecule has 0 aliphatic carbocycles. The van der Waals surface area contributed by atoms with Crippen LogP contribution in [0.4, 0.5) is 0 Å². The molecule has 0 atom stereocenters. The van der Waals surface area contributed by atoms with Gasteiger partial charge in [0.15, 0.2) is 0 Å². The summed E-state index contributed by atoms with van der Waals surface area (Å²) in [6, 6.07) is 5.29. The second-order valence-corrected chi connectivity index (χ2v) is 5.99. The van der Waals surface area contributed by atoms with E-state index >= 15 is 0 Å². The van der Waals surface area contributed by atoms with E-state index in [1.807, 2.05) is 0 Å². The van der Waals surface area contributed by atoms with Crippen LogP contribution in [0.15, 0.2) is 18.2 Å². The predicted octanol–water partition coefficient (Wildman–Crippen LogP) is 3.10. The molecular weight excluding hydrogens is 282 g/mol. The van der Waals surface area contributed by atoms with E-state index in [9.17, 15) is 5.11 Å². The van der Waals surface area contributed by atoms with Crippen molar-refractivity contribution in [1.82, 2.24) is 15.5 Å². The standard InChI is InChI=1S/C13H16ClN3OS/c1-8(2)15-6-5-12-16-17-13(19-12)10-7-9(18)3-4-11(10)14/h3-4,7-8,15,18H,5-6H2,1-2H3. The van der Waals surface area contributed by atoms with Crippen LogP contribution < -0.4 is 5.32 Å². The lowest BCUT2D eigenvalue weighted by atomic mass is 10.2. The van der Waals surface area contributed by atoms with Crippen LogP contribution in [0.2, 0.25) is 5.02 Å². The molecule has 0 saturated carbocycles. The minimum Gasteiger partial charge on any atom is -0.508 e. The first-order valence-corrected chi connectivity index (χ1v) is 7.30. The summed E-state index contributed by atoms with van der Waals surface area (Å²) in [5, 5.41) is 23.4. The lowest BCUT2D eigenvalue weighted by Crippen LogP contribution is -2.24. The SMILES string of the molecule is CC(C)NCCc1nnc(-c2cc(O)ccc2Cl)s1. The van der Waals surface area contributed by atoms with Gasteiger partial charge in [-0.05, 0) is 18.2 Å². The second-order valence-electron chi connectivity index (χ2n) is 4.52. The second kappa shape index (κ2) is 6.32. The van der Waals surface area contributed by atoms with E-state index in [4.69, 9.17) is 11.6 Å². The summed E-state index contributed by atoms with van der Waals surface area (Å²) in [5.41, 5.74) is 0.724. The number of nitrogens with zero attached hydrogens (tertiary/aromatic N) is 2. The minimum absolute atomic E-state index is 0.178. The van der Waals surface area contributed by atoms with Crippen molar-refractivity contribution >= 4 is 22.9 Å². The number of halogens is 1. The highest BCUT2D eigenvalue weighted by molar-refractivity contribution is 7.14. The molecule has 1 heterocycles. The lowest BCUT2D eigenvalue weighted by molar-refractivity contribution is 0.475. The fourth-order valence-electron chi connectivity index (χ4n) is 1.61. The van der Waals surface area contributed by atoms with Crippen LogP contribution >= 0.6 is 22.9 Å². The van der Waals surface area contributed by atoms with E-state index in [1.165, 1.54) is 11.3 Å². The molecule has 0 fully saturated rings. The van der Waals surface area contributed by atoms with Crippen LogP contribution in [-0.2, 0) is 6.42 Å². The number of benzene rings is 1. The van der Waals surface area contributed by atoms with Gasteiger partial charge in [0.1, 0.15) is 15.8 Å². The highest BCUT2D eigenvalue weighted by Crippen LogP contribution is 2.32. The molecule has 0 bridgehead atoms. The first kappa shape index (κ1) is 14.2. The van der Waals surface area contributed by atoms with Crippen LogP contribution in [0.3, 0.4) is 0 Å². The number of phenols is 1. The van der Waals surface area contributed by atoms with E-state index in [1.54, 1.807) is 18.2 Å². The quantitative estimate of drug-likeness (QED) is 0.890. The number of rotatable bonds is 5. The Labute approximate surface area is 121 Å². The van der Waals surface area contributed by atoms with Crippen molar-refractivity contribution in [2.24, 2.45) is 0 Å². The molecule has 0 spiro atoms. The molecule has 0 saturated heterocycles. The van der Waals surface area contributed by atoms with Crippen molar-refractivity contribution in [3.8, 4) is 16.3 Å². The van der Waals surface area contributed by atoms with Crippen molar-refractivity contribution in [3.63, 3.8) is 0 Å². The third-order valence-electron chi connectivity index (χ3n) is 2.54. The third-order valence-corrected chi connectivity index (χ3v) is 3.88. The average molecular weight is 298 g/mol. The molecule has 0 amide bonds. The van der Waals surface area contributed by atoms with Crippen molar-refractivity contribution in [2.75, 3.05) is 6.54 Å². The first-order valence-electron chi connectivity index (χ1n) is 6.11. The maximum absolute atomic E-state index is 9.50. The molecule has 2 N–H and O–H groups in total. The number of hydrogen-bond donors (Lipinski definition) is 2. The zero-order valence-electron chi connectivity index (χ0n) is 10.9. The topological polar surface area (TPSA) is 58.0 Å². The van der Waals surface area contributed by atoms with Gasteiger partial charge in [0, 0.05) is 24.6 Å². The summed E-state index contributed by atoms with van der Waals surface area (Å²) < 4.78 is 0. The van der Waals surface area contributed by atoms with Crippen LogP contribution in [0.25, 0.3) is 10.6 Å². The van der Waals surface area contributed by atoms with E-state index in [0.29, 0.717) is 11.1 Å². The van der Waals surface area contributed by atoms with Gasteiger partial charge in [-0.2, -0.15) is 0 Å². The molecule has 2 aromatic rings. The van der Waals surface area contributed by atoms with Crippen LogP contribution in [0.5, 0.6) is 5.75 Å². The molecule has 0 radical (unpaired) electrons. The predicted molar refractivity (Wildman–Crippen MR) is 78.9 cm³/mol. The Bertz CT molecular complexity index is 557. The zero-order valence-corrected chi connectivity index (χ0v) is 12.4. The number of phenolic OH excluding ortho intramolecular Hbond substituents is 1. The Hall–Kier alpha value is -1.17. The molecule has 0 aliphatic rings. The Morgan fingerprint density at radius 3 is 2.89 bits per heavy atom. The maximum Gasteiger partial charge on any atom is 0.149 e. The number of aromatic nitrogens is 2. The average Bonchev–Trinajstić information content (AvgIpc) is 2.80. The van der Waals surface area contributed by atoms with E-state index in [2.05, 4.69) is 29.4 Å². The Morgan fingerprint density at radius 2 is 2.16 bits per heavy atom. The zero-order chi connectivity index (χ0) is 13.8. The van der Waals surface area contributed by atoms with Gasteiger partial charge in [-0.1, -0.05) is 36.8 Å². The van der Waals surface area contributed by atoms with Crippen LogP contribution in [-0.4, -0.2) is 27.9 Å². The number of nitrogens with one attached hydrogen (secondary N) is 1. The molecule has 1 aromatic carbocycles. The summed E-state index contributed by atoms with van der Waals surface area (Å²) in [6.07, 6.45) is 0.840. The summed E-state index contributed by atoms with van der Waals surface area (Å²) in [6.45, 7) is 5.09. The van der Waals surface area contributed by atoms with Gasteiger partial charge in [0.25, 0.3) is 0 Å². The smallest absolute Gasteiger partial charge is 0.149 e. The summed E-state index contributed by atoms with van der Waals surface area (Å²) in [4.78, 5) is 0. The fourth-order valence-corrected chi connectivity index (χ4v) is 2.74. The molecule has 0 aliphatic heterocycles. The monoisotopic (exact) mass is 297 g/mol. The van der Waals surface area contributed by atoms with Gasteiger partial charge in [-0.15, -0.1) is 10.2 Å². The van der Waals surface area contributed by atoms with Gasteiger partial charge < -0.3 is 10.4 Å². The molecule has 4 nitrogen and oxygen atoms in total. The highest BCUT2D eigenvalue weighted by Gasteiger charge is 2.11. The van der Waals surface area contributed by atoms with E-state index in [0.717, 1.165) is 28.5 Å². The van der Waals surface area contributed by atoms with Crippen molar-refractivity contribution in [3.05, 3.63) is 28.2 Å². The highest BCUT2D eigenvalue weighted by atomic mass is 35.5. The van der Waals surface area contributed by atoms with E-state index in [-0.39, 0.29) is 5.75 Å². The largest absolute Gasteiger partial charge is 0.508 e. The Balaban J connectivity index is 2.10. The van der Waals surface area contributed by atoms with E-state index < -0.39 is 0 Å². The normalized spacial score (nSPS) is 11.2. The molecule has 6 heteroatoms. The van der Waals surface area contributed by atoms with Crippen molar-refractivity contribution in [2.45, 2.75) is 26.3 Å². The minimum atomic E-state index is 0.178. The number of hydrogen-bond acceptors (Lipinski definition) is 5. The van der Waals surface area contributed by atoms with Gasteiger partial charge in [0.05, 0.1) is 5.02 Å². The van der Waals surface area contributed by atoms with Crippen molar-refractivity contribution < 1.29 is 5.11 Å². The van der Waals surface area contributed by atoms with Gasteiger partial charge >= 0.3 is 0 Å². The molecule has 0 unspecified atom stereocenters. The molecule has 1 aromatic heterocycles. The maximum atomic E-state index is 9.50. The number of aromatic hydroxyl groups is 1. The molecular formula is C13H16ClN3OS. The van der Waals surface area contributed by atoms with Crippen LogP contribution in [0, 0.1) is 0 Å². The first-order chi connectivity index (χ1) is 9.06. The molecule has 102 valence electrons. The van der Waals surface area contributed by atoms with Crippen LogP contribution in [0.1, 0.15) is 18.9 Å². The van der Waals surface area contributed by atoms with Gasteiger partial charge in [0.2, 0.25) is 0 Å². The van der Waals surface area contributed by atoms with Gasteiger partial charge in [-0.3, -0.25) is 0 Å². The Kier molecular flexibility index (Phi) is 4.74. The fraction of sp³-hybridized carbons (Fsp3) is 0.385. The van der Waals surface area contributed by atoms with Gasteiger partial charge in [-0.25, -0.2) is 0 Å². The molecule has 19 heavy (non-hydrogen) atoms. The molecule has 2 rings (SSSR count). The summed E-state index contributed by atoms with van der Waals surface area (Å²) >= 11 is 7.60.